The molecule has 1 saturated heterocycles. The quantitative estimate of drug-likeness (QED) is 0.659. The summed E-state index contributed by atoms with van der Waals surface area (Å²) in [6.45, 7) is 3.01. The molecule has 1 aliphatic carbocycles. The molecule has 0 bridgehead atoms. The molecule has 0 aromatic carbocycles. The van der Waals surface area contributed by atoms with E-state index in [4.69, 9.17) is 14.5 Å². The number of hydrogen-bond donors (Lipinski definition) is 1. The predicted octanol–water partition coefficient (Wildman–Crippen LogP) is 3.44. The van der Waals surface area contributed by atoms with Crippen molar-refractivity contribution in [1.29, 1.82) is 0 Å². The van der Waals surface area contributed by atoms with Gasteiger partial charge in [0.1, 0.15) is 17.7 Å². The Morgan fingerprint density at radius 1 is 1.03 bits per heavy atom. The third-order valence-electron chi connectivity index (χ3n) is 6.13. The lowest BCUT2D eigenvalue weighted by Crippen LogP contribution is -2.37. The number of aromatic nitrogens is 3. The summed E-state index contributed by atoms with van der Waals surface area (Å²) < 4.78 is 11.9. The molecule has 3 aromatic rings. The van der Waals surface area contributed by atoms with E-state index in [-0.39, 0.29) is 17.9 Å². The molecular weight excluding hydrogens is 406 g/mol. The van der Waals surface area contributed by atoms with Crippen LogP contribution in [0.3, 0.4) is 0 Å². The van der Waals surface area contributed by atoms with Crippen molar-refractivity contribution in [3.63, 3.8) is 0 Å². The van der Waals surface area contributed by atoms with E-state index in [1.165, 1.54) is 0 Å². The SMILES string of the molecule is O=C(Nc1ccccn1)C1CCC(Oc2nc(N3CCOCC3)cc3ncccc23)CC1. The van der Waals surface area contributed by atoms with Crippen molar-refractivity contribution in [2.24, 2.45) is 5.92 Å². The average molecular weight is 434 g/mol. The van der Waals surface area contributed by atoms with E-state index in [0.717, 1.165) is 55.5 Å². The maximum absolute atomic E-state index is 12.6. The molecule has 1 amide bonds. The minimum absolute atomic E-state index is 0.0251. The van der Waals surface area contributed by atoms with Crippen LogP contribution in [-0.2, 0) is 9.53 Å². The molecule has 1 N–H and O–H groups in total. The summed E-state index contributed by atoms with van der Waals surface area (Å²) in [4.78, 5) is 28.4. The molecule has 8 nitrogen and oxygen atoms in total. The number of carbonyl (C=O) groups is 1. The number of pyridine rings is 3. The zero-order valence-corrected chi connectivity index (χ0v) is 17.9. The average Bonchev–Trinajstić information content (AvgIpc) is 2.85. The van der Waals surface area contributed by atoms with Gasteiger partial charge in [-0.25, -0.2) is 4.98 Å². The summed E-state index contributed by atoms with van der Waals surface area (Å²) in [7, 11) is 0. The molecule has 166 valence electrons. The largest absolute Gasteiger partial charge is 0.474 e. The number of nitrogens with one attached hydrogen (secondary N) is 1. The second-order valence-electron chi connectivity index (χ2n) is 8.25. The highest BCUT2D eigenvalue weighted by molar-refractivity contribution is 5.91. The highest BCUT2D eigenvalue weighted by Gasteiger charge is 2.28. The van der Waals surface area contributed by atoms with E-state index in [2.05, 4.69) is 20.2 Å². The first-order valence-electron chi connectivity index (χ1n) is 11.2. The van der Waals surface area contributed by atoms with E-state index in [9.17, 15) is 4.79 Å². The molecule has 0 spiro atoms. The fraction of sp³-hybridized carbons (Fsp3) is 0.417. The Labute approximate surface area is 187 Å². The number of fused-ring (bicyclic) bond motifs is 1. The molecule has 0 radical (unpaired) electrons. The Bertz CT molecular complexity index is 1060. The molecule has 32 heavy (non-hydrogen) atoms. The van der Waals surface area contributed by atoms with Crippen molar-refractivity contribution in [2.75, 3.05) is 36.5 Å². The fourth-order valence-corrected chi connectivity index (χ4v) is 4.34. The van der Waals surface area contributed by atoms with Crippen LogP contribution in [0.4, 0.5) is 11.6 Å². The zero-order chi connectivity index (χ0) is 21.8. The van der Waals surface area contributed by atoms with Crippen molar-refractivity contribution >= 4 is 28.4 Å². The van der Waals surface area contributed by atoms with Crippen LogP contribution in [0.15, 0.2) is 48.8 Å². The number of rotatable bonds is 5. The molecule has 3 aromatic heterocycles. The Morgan fingerprint density at radius 2 is 1.84 bits per heavy atom. The molecular formula is C24H27N5O3. The maximum Gasteiger partial charge on any atom is 0.228 e. The van der Waals surface area contributed by atoms with Crippen molar-refractivity contribution < 1.29 is 14.3 Å². The summed E-state index contributed by atoms with van der Waals surface area (Å²) in [6.07, 6.45) is 6.69. The van der Waals surface area contributed by atoms with Gasteiger partial charge in [0.05, 0.1) is 24.1 Å². The fourth-order valence-electron chi connectivity index (χ4n) is 4.34. The lowest BCUT2D eigenvalue weighted by Gasteiger charge is -2.30. The zero-order valence-electron chi connectivity index (χ0n) is 17.9. The minimum atomic E-state index is -0.0251. The molecule has 5 rings (SSSR count). The number of anilines is 2. The number of hydrogen-bond acceptors (Lipinski definition) is 7. The second-order valence-corrected chi connectivity index (χ2v) is 8.25. The number of carbonyl (C=O) groups excluding carboxylic acids is 1. The smallest absolute Gasteiger partial charge is 0.228 e. The van der Waals surface area contributed by atoms with E-state index in [1.54, 1.807) is 18.5 Å². The number of nitrogens with zero attached hydrogens (tertiary/aromatic N) is 4. The van der Waals surface area contributed by atoms with Crippen LogP contribution in [0.1, 0.15) is 25.7 Å². The van der Waals surface area contributed by atoms with Gasteiger partial charge in [0.25, 0.3) is 0 Å². The summed E-state index contributed by atoms with van der Waals surface area (Å²) in [6, 6.07) is 11.4. The van der Waals surface area contributed by atoms with Crippen molar-refractivity contribution in [1.82, 2.24) is 15.0 Å². The van der Waals surface area contributed by atoms with Crippen LogP contribution in [0.2, 0.25) is 0 Å². The standard InChI is InChI=1S/C24H27N5O3/c30-23(27-21-5-1-2-10-26-21)17-6-8-18(9-7-17)32-24-19-4-3-11-25-20(19)16-22(28-24)29-12-14-31-15-13-29/h1-5,10-11,16-18H,6-9,12-15H2,(H,26,27,30). The van der Waals surface area contributed by atoms with Crippen molar-refractivity contribution in [3.05, 3.63) is 48.8 Å². The summed E-state index contributed by atoms with van der Waals surface area (Å²) in [5.41, 5.74) is 0.877. The van der Waals surface area contributed by atoms with Crippen LogP contribution in [0.5, 0.6) is 5.88 Å². The molecule has 0 atom stereocenters. The first kappa shape index (κ1) is 20.6. The van der Waals surface area contributed by atoms with E-state index < -0.39 is 0 Å². The van der Waals surface area contributed by atoms with Gasteiger partial charge in [-0.05, 0) is 49.9 Å². The van der Waals surface area contributed by atoms with Gasteiger partial charge in [-0.15, -0.1) is 0 Å². The number of ether oxygens (including phenoxy) is 2. The summed E-state index contributed by atoms with van der Waals surface area (Å²) in [5.74, 6) is 2.10. The lowest BCUT2D eigenvalue weighted by atomic mass is 9.86. The molecule has 0 unspecified atom stereocenters. The van der Waals surface area contributed by atoms with Gasteiger partial charge < -0.3 is 19.7 Å². The Hall–Kier alpha value is -3.26. The van der Waals surface area contributed by atoms with E-state index in [0.29, 0.717) is 24.9 Å². The molecule has 2 fully saturated rings. The van der Waals surface area contributed by atoms with Crippen LogP contribution < -0.4 is 15.0 Å². The van der Waals surface area contributed by atoms with Gasteiger partial charge >= 0.3 is 0 Å². The van der Waals surface area contributed by atoms with Crippen molar-refractivity contribution in [3.8, 4) is 5.88 Å². The Balaban J connectivity index is 1.26. The Morgan fingerprint density at radius 3 is 2.62 bits per heavy atom. The van der Waals surface area contributed by atoms with Crippen molar-refractivity contribution in [2.45, 2.75) is 31.8 Å². The minimum Gasteiger partial charge on any atom is -0.474 e. The van der Waals surface area contributed by atoms with Crippen LogP contribution in [0, 0.1) is 5.92 Å². The van der Waals surface area contributed by atoms with Gasteiger partial charge in [0.2, 0.25) is 11.8 Å². The highest BCUT2D eigenvalue weighted by atomic mass is 16.5. The van der Waals surface area contributed by atoms with E-state index in [1.807, 2.05) is 30.3 Å². The van der Waals surface area contributed by atoms with Crippen LogP contribution >= 0.6 is 0 Å². The number of morpholine rings is 1. The van der Waals surface area contributed by atoms with Gasteiger partial charge in [-0.2, -0.15) is 4.98 Å². The first-order valence-corrected chi connectivity index (χ1v) is 11.2. The normalized spacial score (nSPS) is 21.3. The third kappa shape index (κ3) is 4.65. The molecule has 2 aliphatic rings. The molecule has 1 aliphatic heterocycles. The molecule has 1 saturated carbocycles. The van der Waals surface area contributed by atoms with Gasteiger partial charge in [0.15, 0.2) is 0 Å². The monoisotopic (exact) mass is 433 g/mol. The summed E-state index contributed by atoms with van der Waals surface area (Å²) >= 11 is 0. The van der Waals surface area contributed by atoms with Gasteiger partial charge in [0, 0.05) is 37.5 Å². The molecule has 8 heteroatoms. The lowest BCUT2D eigenvalue weighted by molar-refractivity contribution is -0.121. The van der Waals surface area contributed by atoms with Gasteiger partial charge in [-0.3, -0.25) is 9.78 Å². The van der Waals surface area contributed by atoms with Crippen LogP contribution in [-0.4, -0.2) is 53.3 Å². The van der Waals surface area contributed by atoms with Gasteiger partial charge in [-0.1, -0.05) is 6.07 Å². The van der Waals surface area contributed by atoms with Crippen LogP contribution in [0.25, 0.3) is 10.9 Å². The first-order chi connectivity index (χ1) is 15.8. The Kier molecular flexibility index (Phi) is 6.11. The third-order valence-corrected chi connectivity index (χ3v) is 6.13. The maximum atomic E-state index is 12.6. The second kappa shape index (κ2) is 9.48. The highest BCUT2D eigenvalue weighted by Crippen LogP contribution is 2.32. The predicted molar refractivity (Wildman–Crippen MR) is 122 cm³/mol. The topological polar surface area (TPSA) is 89.5 Å². The summed E-state index contributed by atoms with van der Waals surface area (Å²) in [5, 5.41) is 3.83. The van der Waals surface area contributed by atoms with E-state index >= 15 is 0 Å². The molecule has 4 heterocycles. The number of amides is 1.